The van der Waals surface area contributed by atoms with Gasteiger partial charge in [0.2, 0.25) is 0 Å². The van der Waals surface area contributed by atoms with E-state index in [1.165, 1.54) is 23.0 Å². The summed E-state index contributed by atoms with van der Waals surface area (Å²) in [5.74, 6) is 0.0259. The van der Waals surface area contributed by atoms with Gasteiger partial charge in [-0.25, -0.2) is 14.8 Å². The summed E-state index contributed by atoms with van der Waals surface area (Å²) in [6.45, 7) is 1.32. The maximum Gasteiger partial charge on any atom is 0.433 e. The summed E-state index contributed by atoms with van der Waals surface area (Å²) in [6.07, 6.45) is 4.26. The molecule has 0 atom stereocenters. The number of amides is 3. The predicted molar refractivity (Wildman–Crippen MR) is 165 cm³/mol. The molecule has 0 bridgehead atoms. The standard InChI is InChI=1S/C28H30ClF3N10O2.CH2O2/c29-21-13-18(37-24-25-35-15-22(42(25)8-7-34-24)20-14-36-39-23(20)28(30,31)32)5-6-19(21)26(43)40-9-11-41(12-10-40)27(44)38-17-3-1-16(33)2-4-17;2-1-3/h5-8,13-17H,1-4,9-12,33H2,(H,34,37)(H,36,39)(H,38,44);1H,(H,2,3). The van der Waals surface area contributed by atoms with E-state index < -0.39 is 11.9 Å². The topological polar surface area (TPSA) is 187 Å². The monoisotopic (exact) mass is 676 g/mol. The van der Waals surface area contributed by atoms with Crippen molar-refractivity contribution in [2.24, 2.45) is 5.73 Å². The normalized spacial score (nSPS) is 18.3. The Hall–Kier alpha value is -4.90. The summed E-state index contributed by atoms with van der Waals surface area (Å²) >= 11 is 6.53. The number of nitrogens with two attached hydrogens (primary N) is 1. The predicted octanol–water partition coefficient (Wildman–Crippen LogP) is 3.97. The zero-order chi connectivity index (χ0) is 33.7. The number of aromatic amines is 1. The average Bonchev–Trinajstić information content (AvgIpc) is 3.71. The number of nitrogens with zero attached hydrogens (tertiary/aromatic N) is 6. The number of piperazine rings is 1. The number of halogens is 4. The molecule has 250 valence electrons. The highest BCUT2D eigenvalue weighted by Crippen LogP contribution is 2.36. The minimum absolute atomic E-state index is 0.121. The van der Waals surface area contributed by atoms with Crippen LogP contribution in [-0.2, 0) is 11.0 Å². The fraction of sp³-hybridized carbons (Fsp3) is 0.379. The molecule has 1 aromatic carbocycles. The van der Waals surface area contributed by atoms with E-state index in [9.17, 15) is 22.8 Å². The number of H-pyrrole nitrogens is 1. The molecule has 3 amide bonds. The van der Waals surface area contributed by atoms with E-state index in [4.69, 9.17) is 27.2 Å². The minimum atomic E-state index is -4.62. The first-order valence-electron chi connectivity index (χ1n) is 14.7. The van der Waals surface area contributed by atoms with E-state index >= 15 is 0 Å². The molecule has 1 aliphatic heterocycles. The van der Waals surface area contributed by atoms with Crippen LogP contribution >= 0.6 is 11.6 Å². The van der Waals surface area contributed by atoms with Crippen molar-refractivity contribution in [2.75, 3.05) is 31.5 Å². The van der Waals surface area contributed by atoms with Crippen molar-refractivity contribution < 1.29 is 32.7 Å². The van der Waals surface area contributed by atoms with Gasteiger partial charge in [-0.2, -0.15) is 18.3 Å². The highest BCUT2D eigenvalue weighted by Gasteiger charge is 2.37. The highest BCUT2D eigenvalue weighted by atomic mass is 35.5. The number of alkyl halides is 3. The lowest BCUT2D eigenvalue weighted by atomic mass is 9.92. The molecule has 2 aliphatic rings. The van der Waals surface area contributed by atoms with Gasteiger partial charge in [0.05, 0.1) is 34.2 Å². The van der Waals surface area contributed by atoms with Crippen molar-refractivity contribution >= 4 is 47.2 Å². The molecule has 1 saturated heterocycles. The summed E-state index contributed by atoms with van der Waals surface area (Å²) in [7, 11) is 0. The van der Waals surface area contributed by atoms with Crippen molar-refractivity contribution in [3.05, 3.63) is 59.3 Å². The lowest BCUT2D eigenvalue weighted by Crippen LogP contribution is -2.55. The van der Waals surface area contributed by atoms with E-state index in [1.54, 1.807) is 28.0 Å². The number of rotatable bonds is 5. The smallest absolute Gasteiger partial charge is 0.433 e. The van der Waals surface area contributed by atoms with Crippen LogP contribution in [0.2, 0.25) is 5.02 Å². The summed E-state index contributed by atoms with van der Waals surface area (Å²) in [5, 5.41) is 18.8. The quantitative estimate of drug-likeness (QED) is 0.195. The number of carbonyl (C=O) groups excluding carboxylic acids is 2. The van der Waals surface area contributed by atoms with Crippen molar-refractivity contribution in [3.63, 3.8) is 0 Å². The molecule has 4 heterocycles. The van der Waals surface area contributed by atoms with Crippen LogP contribution in [0.3, 0.4) is 0 Å². The van der Waals surface area contributed by atoms with Crippen LogP contribution in [0.5, 0.6) is 0 Å². The number of hydrogen-bond acceptors (Lipinski definition) is 8. The molecule has 0 unspecified atom stereocenters. The second-order valence-corrected chi connectivity index (χ2v) is 11.4. The first kappa shape index (κ1) is 33.5. The van der Waals surface area contributed by atoms with Crippen LogP contribution in [0.4, 0.5) is 29.5 Å². The lowest BCUT2D eigenvalue weighted by molar-refractivity contribution is -0.140. The van der Waals surface area contributed by atoms with Crippen LogP contribution in [0.15, 0.2) is 43.0 Å². The van der Waals surface area contributed by atoms with Gasteiger partial charge in [-0.1, -0.05) is 11.6 Å². The molecule has 18 heteroatoms. The number of fused-ring (bicyclic) bond motifs is 1. The van der Waals surface area contributed by atoms with Gasteiger partial charge in [-0.15, -0.1) is 0 Å². The van der Waals surface area contributed by atoms with Crippen molar-refractivity contribution in [3.8, 4) is 11.3 Å². The highest BCUT2D eigenvalue weighted by molar-refractivity contribution is 6.34. The van der Waals surface area contributed by atoms with Gasteiger partial charge < -0.3 is 31.3 Å². The van der Waals surface area contributed by atoms with E-state index in [2.05, 4.69) is 25.7 Å². The average molecular weight is 677 g/mol. The number of benzene rings is 1. The second-order valence-electron chi connectivity index (χ2n) is 11.0. The Balaban J connectivity index is 0.00000139. The SMILES string of the molecule is NC1CCC(NC(=O)N2CCN(C(=O)c3ccc(Nc4nccn5c(-c6cn[nH]c6C(F)(F)F)cnc45)cc3Cl)CC2)CC1.O=CO. The number of anilines is 2. The Morgan fingerprint density at radius 3 is 2.40 bits per heavy atom. The number of imidazole rings is 1. The lowest BCUT2D eigenvalue weighted by Gasteiger charge is -2.36. The number of hydrogen-bond donors (Lipinski definition) is 5. The zero-order valence-corrected chi connectivity index (χ0v) is 25.6. The summed E-state index contributed by atoms with van der Waals surface area (Å²) < 4.78 is 41.8. The Morgan fingerprint density at radius 1 is 1.06 bits per heavy atom. The van der Waals surface area contributed by atoms with Gasteiger partial charge in [-0.3, -0.25) is 19.1 Å². The largest absolute Gasteiger partial charge is 0.483 e. The Bertz CT molecular complexity index is 1730. The van der Waals surface area contributed by atoms with E-state index in [1.807, 2.05) is 5.10 Å². The third kappa shape index (κ3) is 7.57. The molecule has 2 fully saturated rings. The maximum absolute atomic E-state index is 13.4. The Morgan fingerprint density at radius 2 is 1.74 bits per heavy atom. The van der Waals surface area contributed by atoms with Crippen LogP contribution in [0.1, 0.15) is 41.7 Å². The van der Waals surface area contributed by atoms with E-state index in [-0.39, 0.29) is 58.2 Å². The second kappa shape index (κ2) is 14.3. The molecule has 14 nitrogen and oxygen atoms in total. The van der Waals surface area contributed by atoms with Crippen LogP contribution in [-0.4, -0.2) is 96.1 Å². The zero-order valence-electron chi connectivity index (χ0n) is 24.9. The molecule has 3 aromatic heterocycles. The summed E-state index contributed by atoms with van der Waals surface area (Å²) in [5.41, 5.74) is 6.10. The fourth-order valence-corrected chi connectivity index (χ4v) is 5.88. The van der Waals surface area contributed by atoms with E-state index in [0.29, 0.717) is 37.4 Å². The van der Waals surface area contributed by atoms with Gasteiger partial charge in [0.25, 0.3) is 12.4 Å². The first-order valence-corrected chi connectivity index (χ1v) is 15.1. The van der Waals surface area contributed by atoms with Crippen molar-refractivity contribution in [2.45, 2.75) is 43.9 Å². The molecule has 0 radical (unpaired) electrons. The fourth-order valence-electron chi connectivity index (χ4n) is 5.62. The number of carboxylic acid groups (broad SMARTS) is 1. The number of aromatic nitrogens is 5. The van der Waals surface area contributed by atoms with Gasteiger partial charge >= 0.3 is 12.2 Å². The molecule has 47 heavy (non-hydrogen) atoms. The van der Waals surface area contributed by atoms with Gasteiger partial charge in [-0.05, 0) is 43.9 Å². The molecular formula is C29H32ClF3N10O4. The number of nitrogens with one attached hydrogen (secondary N) is 3. The minimum Gasteiger partial charge on any atom is -0.483 e. The Kier molecular flexibility index (Phi) is 10.1. The third-order valence-corrected chi connectivity index (χ3v) is 8.36. The first-order chi connectivity index (χ1) is 22.5. The van der Waals surface area contributed by atoms with Crippen LogP contribution in [0, 0.1) is 0 Å². The molecule has 4 aromatic rings. The van der Waals surface area contributed by atoms with Gasteiger partial charge in [0.15, 0.2) is 11.5 Å². The van der Waals surface area contributed by atoms with Crippen LogP contribution < -0.4 is 16.4 Å². The number of carbonyl (C=O) groups is 3. The van der Waals surface area contributed by atoms with Crippen molar-refractivity contribution in [1.82, 2.24) is 39.7 Å². The molecule has 0 spiro atoms. The molecular weight excluding hydrogens is 645 g/mol. The number of urea groups is 1. The molecule has 1 saturated carbocycles. The maximum atomic E-state index is 13.4. The van der Waals surface area contributed by atoms with Gasteiger partial charge in [0.1, 0.15) is 5.69 Å². The molecule has 6 rings (SSSR count). The van der Waals surface area contributed by atoms with Gasteiger partial charge in [0, 0.05) is 56.3 Å². The van der Waals surface area contributed by atoms with Crippen molar-refractivity contribution in [1.29, 1.82) is 0 Å². The van der Waals surface area contributed by atoms with E-state index in [0.717, 1.165) is 31.9 Å². The third-order valence-electron chi connectivity index (χ3n) is 8.04. The molecule has 1 aliphatic carbocycles. The van der Waals surface area contributed by atoms with Crippen LogP contribution in [0.25, 0.3) is 16.9 Å². The Labute approximate surface area is 271 Å². The molecule has 6 N–H and O–H groups in total. The summed E-state index contributed by atoms with van der Waals surface area (Å²) in [4.78, 5) is 46.3. The summed E-state index contributed by atoms with van der Waals surface area (Å²) in [6, 6.07) is 5.04.